The molecule has 5 saturated heterocycles. The van der Waals surface area contributed by atoms with Gasteiger partial charge in [0.1, 0.15) is 0 Å². The Hall–Kier alpha value is -9.69. The fourth-order valence-corrected chi connectivity index (χ4v) is 16.8. The van der Waals surface area contributed by atoms with Gasteiger partial charge in [-0.15, -0.1) is 0 Å². The zero-order chi connectivity index (χ0) is 76.6. The molecule has 4 aliphatic carbocycles. The Labute approximate surface area is 658 Å². The highest BCUT2D eigenvalue weighted by Gasteiger charge is 2.36. The lowest BCUT2D eigenvalue weighted by Crippen LogP contribution is -2.53. The van der Waals surface area contributed by atoms with Crippen LogP contribution in [0.15, 0.2) is 147 Å². The maximum Gasteiger partial charge on any atom is 0.251 e. The normalized spacial score (nSPS) is 21.6. The zero-order valence-electron chi connectivity index (χ0n) is 65.6. The van der Waals surface area contributed by atoms with Crippen LogP contribution >= 0.6 is 0 Å². The average molecular weight is 1520 g/mol. The Morgan fingerprint density at radius 1 is 0.402 bits per heavy atom. The van der Waals surface area contributed by atoms with Crippen LogP contribution in [0.1, 0.15) is 164 Å². The summed E-state index contributed by atoms with van der Waals surface area (Å²) >= 11 is 0. The number of benzene rings is 3. The van der Waals surface area contributed by atoms with Gasteiger partial charge in [0.05, 0.1) is 109 Å². The first-order valence-electron chi connectivity index (χ1n) is 41.2. The Morgan fingerprint density at radius 2 is 0.759 bits per heavy atom. The number of rotatable bonds is 22. The minimum atomic E-state index is -0.00813. The number of amides is 3. The van der Waals surface area contributed by atoms with Gasteiger partial charge in [-0.2, -0.15) is 15.3 Å². The first-order valence-corrected chi connectivity index (χ1v) is 41.2. The van der Waals surface area contributed by atoms with E-state index < -0.39 is 0 Å². The number of methoxy groups -OCH3 is 1. The van der Waals surface area contributed by atoms with Gasteiger partial charge < -0.3 is 51.0 Å². The van der Waals surface area contributed by atoms with E-state index in [2.05, 4.69) is 123 Å². The highest BCUT2D eigenvalue weighted by Crippen LogP contribution is 2.35. The molecule has 588 valence electrons. The van der Waals surface area contributed by atoms with Crippen LogP contribution in [0.2, 0.25) is 0 Å². The molecule has 4 saturated carbocycles. The molecule has 11 heterocycles. The van der Waals surface area contributed by atoms with Gasteiger partial charge in [-0.1, -0.05) is 31.5 Å². The van der Waals surface area contributed by atoms with Gasteiger partial charge in [0, 0.05) is 166 Å². The van der Waals surface area contributed by atoms with E-state index in [1.54, 1.807) is 7.11 Å². The van der Waals surface area contributed by atoms with E-state index in [-0.39, 0.29) is 23.8 Å². The van der Waals surface area contributed by atoms with Crippen molar-refractivity contribution in [1.82, 2.24) is 74.9 Å². The van der Waals surface area contributed by atoms with Crippen LogP contribution in [0.5, 0.6) is 0 Å². The van der Waals surface area contributed by atoms with Gasteiger partial charge >= 0.3 is 0 Å². The van der Waals surface area contributed by atoms with Crippen molar-refractivity contribution in [3.8, 4) is 50.4 Å². The highest BCUT2D eigenvalue weighted by molar-refractivity contribution is 5.97. The summed E-state index contributed by atoms with van der Waals surface area (Å²) in [5, 5.41) is 34.2. The molecule has 6 aromatic heterocycles. The molecule has 3 aromatic carbocycles. The second-order valence-electron chi connectivity index (χ2n) is 32.7. The Morgan fingerprint density at radius 3 is 1.11 bits per heavy atom. The summed E-state index contributed by atoms with van der Waals surface area (Å²) < 4.78 is 22.5. The van der Waals surface area contributed by atoms with E-state index in [9.17, 15) is 14.4 Å². The lowest BCUT2D eigenvalue weighted by molar-refractivity contribution is -0.0863. The Balaban J connectivity index is 0.000000127. The van der Waals surface area contributed by atoms with Crippen molar-refractivity contribution in [2.75, 3.05) is 88.8 Å². The lowest BCUT2D eigenvalue weighted by Gasteiger charge is -2.42. The number of pyridine rings is 3. The molecule has 9 aromatic rings. The van der Waals surface area contributed by atoms with Crippen molar-refractivity contribution in [1.29, 1.82) is 0 Å². The molecule has 5 aliphatic heterocycles. The molecule has 0 spiro atoms. The van der Waals surface area contributed by atoms with Crippen molar-refractivity contribution in [2.45, 2.75) is 197 Å². The maximum atomic E-state index is 12.6. The third-order valence-corrected chi connectivity index (χ3v) is 24.3. The minimum Gasteiger partial charge on any atom is -0.381 e. The van der Waals surface area contributed by atoms with Crippen LogP contribution in [0, 0.1) is 26.7 Å². The predicted molar refractivity (Wildman–Crippen MR) is 437 cm³/mol. The van der Waals surface area contributed by atoms with Crippen molar-refractivity contribution in [3.05, 3.63) is 181 Å². The number of hydrogen-bond acceptors (Lipinski definition) is 18. The fraction of sp³-hybridized carbons (Fsp3) is 0.489. The van der Waals surface area contributed by atoms with Crippen LogP contribution < -0.4 is 31.9 Å². The molecular weight excluding hydrogens is 1410 g/mol. The standard InChI is InChI=1S/C30H38N6O3.C30H38N6O2.C28H34N6O/c1-20-3-4-21(30(37)34-23-5-6-23)13-27(20)22-15-32-36(18-22)26-14-25(16-31-17-26)33-24-7-10-35(11-8-24)28-9-12-39-19-29(28)38-2;1-20-3-4-22(30(37)34-24-5-6-24)13-28(20)23-15-32-36(18-23)27-14-26(16-31-17-27)33-25-7-10-35(11-8-25)29-9-12-38-19-21(29)2;1-19-5-6-20(28(35)32-22-7-8-22)13-27(19)21-15-30-34(18-21)26-14-24(16-29-17-26)31-23-9-11-33(12-10-23)25-3-2-4-25/h3-4,13-18,23-24,28-29,33H,5-12,19H2,1-2H3,(H,34,37);3-4,13-18,21,24-25,29,33H,5-12,19H2,1-2H3,(H,34,37);5-6,13-18,22-23,25,31H,2-4,7-12H2,1H3,(H,32,35). The molecule has 4 unspecified atom stereocenters. The smallest absolute Gasteiger partial charge is 0.251 e. The molecule has 24 heteroatoms. The van der Waals surface area contributed by atoms with Crippen LogP contribution in [0.25, 0.3) is 50.4 Å². The van der Waals surface area contributed by atoms with Crippen LogP contribution in [-0.4, -0.2) is 210 Å². The van der Waals surface area contributed by atoms with E-state index in [1.807, 2.05) is 143 Å². The number of likely N-dealkylation sites (tertiary alicyclic amines) is 3. The second-order valence-corrected chi connectivity index (χ2v) is 32.7. The summed E-state index contributed by atoms with van der Waals surface area (Å²) in [7, 11) is 1.79. The van der Waals surface area contributed by atoms with Crippen LogP contribution in [0.3, 0.4) is 0 Å². The summed E-state index contributed by atoms with van der Waals surface area (Å²) in [6.45, 7) is 18.5. The largest absolute Gasteiger partial charge is 0.381 e. The van der Waals surface area contributed by atoms with Crippen molar-refractivity contribution >= 4 is 34.8 Å². The van der Waals surface area contributed by atoms with E-state index in [0.717, 1.165) is 213 Å². The van der Waals surface area contributed by atoms with Crippen LogP contribution in [0.4, 0.5) is 17.1 Å². The molecule has 18 rings (SSSR count). The predicted octanol–water partition coefficient (Wildman–Crippen LogP) is 12.8. The van der Waals surface area contributed by atoms with Gasteiger partial charge in [-0.05, 0) is 217 Å². The molecule has 9 aliphatic rings. The SMILES string of the molecule is COC1COCCC1N1CCC(Nc2cncc(-n3cc(-c4cc(C(=O)NC5CC5)ccc4C)cn3)c2)CC1.Cc1ccc(C(=O)NC2CC2)cc1-c1cnn(-c2cncc(NC3CCN(C4CCC4)CC3)c2)c1.Cc1ccc(C(=O)NC2CC2)cc1-c1cnn(-c2cncc(NC3CCN(C4CCOCC4C)CC3)c2)c1. The number of carbonyl (C=O) groups is 3. The molecule has 24 nitrogen and oxygen atoms in total. The molecular formula is C88H110N18O6. The monoisotopic (exact) mass is 1510 g/mol. The van der Waals surface area contributed by atoms with Crippen molar-refractivity contribution < 1.29 is 28.6 Å². The Kier molecular flexibility index (Phi) is 23.9. The summed E-state index contributed by atoms with van der Waals surface area (Å²) in [6, 6.07) is 28.2. The number of nitrogens with one attached hydrogen (secondary N) is 6. The van der Waals surface area contributed by atoms with Crippen molar-refractivity contribution in [3.63, 3.8) is 0 Å². The summed E-state index contributed by atoms with van der Waals surface area (Å²) in [4.78, 5) is 59.1. The van der Waals surface area contributed by atoms with Gasteiger partial charge in [-0.25, -0.2) is 14.0 Å². The van der Waals surface area contributed by atoms with E-state index >= 15 is 0 Å². The van der Waals surface area contributed by atoms with E-state index in [1.165, 1.54) is 45.2 Å². The number of aromatic nitrogens is 9. The zero-order valence-corrected chi connectivity index (χ0v) is 65.6. The first-order chi connectivity index (χ1) is 54.7. The lowest BCUT2D eigenvalue weighted by atomic mass is 9.89. The third kappa shape index (κ3) is 19.1. The topological polar surface area (TPSA) is 253 Å². The van der Waals surface area contributed by atoms with E-state index in [4.69, 9.17) is 14.2 Å². The summed E-state index contributed by atoms with van der Waals surface area (Å²) in [6.07, 6.45) is 42.5. The minimum absolute atomic E-state index is 0.00244. The number of hydrogen-bond donors (Lipinski definition) is 6. The van der Waals surface area contributed by atoms with Gasteiger partial charge in [0.15, 0.2) is 0 Å². The number of aryl methyl sites for hydroxylation is 3. The molecule has 4 atom stereocenters. The molecule has 6 N–H and O–H groups in total. The van der Waals surface area contributed by atoms with Gasteiger partial charge in [-0.3, -0.25) is 39.1 Å². The van der Waals surface area contributed by atoms with Crippen LogP contribution in [-0.2, 0) is 14.2 Å². The second kappa shape index (κ2) is 35.1. The quantitative estimate of drug-likeness (QED) is 0.0369. The first kappa shape index (κ1) is 76.3. The molecule has 3 amide bonds. The Bertz CT molecular complexity index is 4710. The number of ether oxygens (including phenoxy) is 3. The van der Waals surface area contributed by atoms with E-state index in [0.29, 0.717) is 77.5 Å². The maximum absolute atomic E-state index is 12.6. The number of carbonyl (C=O) groups excluding carboxylic acids is 3. The number of piperidine rings is 3. The summed E-state index contributed by atoms with van der Waals surface area (Å²) in [5.74, 6) is 0.602. The third-order valence-electron chi connectivity index (χ3n) is 24.3. The van der Waals surface area contributed by atoms with Gasteiger partial charge in [0.25, 0.3) is 17.7 Å². The average Bonchev–Trinajstić information content (AvgIpc) is 1.65. The molecule has 9 fully saturated rings. The number of anilines is 3. The number of nitrogens with zero attached hydrogens (tertiary/aromatic N) is 12. The highest BCUT2D eigenvalue weighted by atomic mass is 16.5. The molecule has 112 heavy (non-hydrogen) atoms. The molecule has 0 bridgehead atoms. The van der Waals surface area contributed by atoms with Gasteiger partial charge in [0.2, 0.25) is 0 Å². The van der Waals surface area contributed by atoms with Crippen molar-refractivity contribution in [2.24, 2.45) is 5.92 Å². The fourth-order valence-electron chi connectivity index (χ4n) is 16.8. The summed E-state index contributed by atoms with van der Waals surface area (Å²) in [5.41, 5.74) is 17.2. The molecule has 0 radical (unpaired) electrons.